The molecule has 0 saturated carbocycles. The van der Waals surface area contributed by atoms with Crippen LogP contribution in [0.25, 0.3) is 0 Å². The average molecular weight is 276 g/mol. The summed E-state index contributed by atoms with van der Waals surface area (Å²) in [5, 5.41) is 13.1. The van der Waals surface area contributed by atoms with Crippen molar-refractivity contribution in [3.05, 3.63) is 15.9 Å². The van der Waals surface area contributed by atoms with Gasteiger partial charge in [0.15, 0.2) is 0 Å². The van der Waals surface area contributed by atoms with Crippen LogP contribution in [0.5, 0.6) is 0 Å². The molecule has 5 nitrogen and oxygen atoms in total. The molecule has 1 unspecified atom stereocenters. The number of aliphatic carboxylic acids is 1. The summed E-state index contributed by atoms with van der Waals surface area (Å²) >= 11 is 3.37. The van der Waals surface area contributed by atoms with Crippen LogP contribution in [-0.4, -0.2) is 26.4 Å². The van der Waals surface area contributed by atoms with E-state index in [1.54, 1.807) is 4.68 Å². The third-order valence-corrected chi connectivity index (χ3v) is 3.41. The van der Waals surface area contributed by atoms with Crippen LogP contribution >= 0.6 is 15.9 Å². The standard InChI is InChI=1S/C9H14BrN3O2/c1-5-7(10)6(2)13(12-5)4-9(3,11)8(14)15/h4,11H2,1-3H3,(H,14,15). The predicted octanol–water partition coefficient (Wildman–Crippen LogP) is 1.06. The smallest absolute Gasteiger partial charge is 0.325 e. The Morgan fingerprint density at radius 3 is 2.53 bits per heavy atom. The van der Waals surface area contributed by atoms with E-state index in [2.05, 4.69) is 21.0 Å². The van der Waals surface area contributed by atoms with Gasteiger partial charge in [-0.05, 0) is 36.7 Å². The SMILES string of the molecule is Cc1nn(CC(C)(N)C(=O)O)c(C)c1Br. The van der Waals surface area contributed by atoms with Crippen molar-refractivity contribution in [1.29, 1.82) is 0 Å². The van der Waals surface area contributed by atoms with E-state index in [9.17, 15) is 4.79 Å². The molecule has 6 heteroatoms. The van der Waals surface area contributed by atoms with Crippen molar-refractivity contribution in [1.82, 2.24) is 9.78 Å². The minimum absolute atomic E-state index is 0.153. The molecule has 0 saturated heterocycles. The summed E-state index contributed by atoms with van der Waals surface area (Å²) < 4.78 is 2.50. The number of hydrogen-bond acceptors (Lipinski definition) is 3. The van der Waals surface area contributed by atoms with Crippen LogP contribution in [0.4, 0.5) is 0 Å². The minimum Gasteiger partial charge on any atom is -0.480 e. The van der Waals surface area contributed by atoms with Gasteiger partial charge in [0.1, 0.15) is 5.54 Å². The van der Waals surface area contributed by atoms with Gasteiger partial charge in [0.2, 0.25) is 0 Å². The van der Waals surface area contributed by atoms with Gasteiger partial charge < -0.3 is 10.8 Å². The summed E-state index contributed by atoms with van der Waals surface area (Å²) in [5.74, 6) is -1.04. The molecule has 1 aromatic heterocycles. The van der Waals surface area contributed by atoms with Crippen LogP contribution in [0.2, 0.25) is 0 Å². The van der Waals surface area contributed by atoms with Crippen molar-refractivity contribution in [3.8, 4) is 0 Å². The summed E-state index contributed by atoms with van der Waals surface area (Å²) in [7, 11) is 0. The number of carbonyl (C=O) groups is 1. The highest BCUT2D eigenvalue weighted by atomic mass is 79.9. The molecule has 84 valence electrons. The first kappa shape index (κ1) is 12.2. The summed E-state index contributed by atoms with van der Waals surface area (Å²) in [5.41, 5.74) is 6.05. The summed E-state index contributed by atoms with van der Waals surface area (Å²) in [6.45, 7) is 5.34. The molecule has 3 N–H and O–H groups in total. The second-order valence-electron chi connectivity index (χ2n) is 3.87. The van der Waals surface area contributed by atoms with E-state index in [0.29, 0.717) is 0 Å². The number of carboxylic acid groups (broad SMARTS) is 1. The fourth-order valence-electron chi connectivity index (χ4n) is 1.21. The zero-order valence-corrected chi connectivity index (χ0v) is 10.5. The molecule has 0 fully saturated rings. The summed E-state index contributed by atoms with van der Waals surface area (Å²) in [6, 6.07) is 0. The number of aryl methyl sites for hydroxylation is 1. The number of carboxylic acids is 1. The van der Waals surface area contributed by atoms with Gasteiger partial charge in [0, 0.05) is 5.69 Å². The number of rotatable bonds is 3. The number of nitrogens with two attached hydrogens (primary N) is 1. The second kappa shape index (κ2) is 3.94. The minimum atomic E-state index is -1.30. The quantitative estimate of drug-likeness (QED) is 0.865. The van der Waals surface area contributed by atoms with E-state index in [0.717, 1.165) is 15.9 Å². The lowest BCUT2D eigenvalue weighted by atomic mass is 10.1. The van der Waals surface area contributed by atoms with Gasteiger partial charge >= 0.3 is 5.97 Å². The molecule has 0 bridgehead atoms. The third-order valence-electron chi connectivity index (χ3n) is 2.26. The molecular weight excluding hydrogens is 262 g/mol. The van der Waals surface area contributed by atoms with E-state index in [4.69, 9.17) is 10.8 Å². The van der Waals surface area contributed by atoms with Gasteiger partial charge in [-0.15, -0.1) is 0 Å². The Kier molecular flexibility index (Phi) is 3.20. The van der Waals surface area contributed by atoms with Crippen LogP contribution in [0, 0.1) is 13.8 Å². The topological polar surface area (TPSA) is 81.1 Å². The second-order valence-corrected chi connectivity index (χ2v) is 4.66. The Balaban J connectivity index is 3.00. The molecule has 1 atom stereocenters. The van der Waals surface area contributed by atoms with Gasteiger partial charge in [0.05, 0.1) is 16.7 Å². The van der Waals surface area contributed by atoms with Crippen molar-refractivity contribution in [3.63, 3.8) is 0 Å². The Bertz CT molecular complexity index is 398. The van der Waals surface area contributed by atoms with Gasteiger partial charge in [-0.3, -0.25) is 9.48 Å². The molecule has 15 heavy (non-hydrogen) atoms. The van der Waals surface area contributed by atoms with Crippen molar-refractivity contribution in [2.24, 2.45) is 5.73 Å². The van der Waals surface area contributed by atoms with Gasteiger partial charge in [-0.1, -0.05) is 0 Å². The highest BCUT2D eigenvalue weighted by Crippen LogP contribution is 2.20. The maximum atomic E-state index is 10.9. The zero-order chi connectivity index (χ0) is 11.8. The number of nitrogens with zero attached hydrogens (tertiary/aromatic N) is 2. The van der Waals surface area contributed by atoms with Crippen LogP contribution in [0.15, 0.2) is 4.47 Å². The summed E-state index contributed by atoms with van der Waals surface area (Å²) in [4.78, 5) is 10.9. The first-order valence-corrected chi connectivity index (χ1v) is 5.27. The Morgan fingerprint density at radius 1 is 1.67 bits per heavy atom. The molecular formula is C9H14BrN3O2. The summed E-state index contributed by atoms with van der Waals surface area (Å²) in [6.07, 6.45) is 0. The average Bonchev–Trinajstić information content (AvgIpc) is 2.33. The van der Waals surface area contributed by atoms with E-state index in [-0.39, 0.29) is 6.54 Å². The van der Waals surface area contributed by atoms with Crippen LogP contribution in [0.1, 0.15) is 18.3 Å². The fourth-order valence-corrected chi connectivity index (χ4v) is 1.49. The van der Waals surface area contributed by atoms with Gasteiger partial charge in [-0.25, -0.2) is 0 Å². The third kappa shape index (κ3) is 2.38. The molecule has 0 amide bonds. The molecule has 0 aromatic carbocycles. The Hall–Kier alpha value is -0.880. The van der Waals surface area contributed by atoms with E-state index >= 15 is 0 Å². The highest BCUT2D eigenvalue weighted by Gasteiger charge is 2.29. The monoisotopic (exact) mass is 275 g/mol. The maximum absolute atomic E-state index is 10.9. The van der Waals surface area contributed by atoms with Gasteiger partial charge in [0.25, 0.3) is 0 Å². The van der Waals surface area contributed by atoms with Crippen LogP contribution in [-0.2, 0) is 11.3 Å². The predicted molar refractivity (Wildman–Crippen MR) is 59.6 cm³/mol. The van der Waals surface area contributed by atoms with Crippen molar-refractivity contribution in [2.45, 2.75) is 32.9 Å². The highest BCUT2D eigenvalue weighted by molar-refractivity contribution is 9.10. The van der Waals surface area contributed by atoms with Crippen molar-refractivity contribution < 1.29 is 9.90 Å². The lowest BCUT2D eigenvalue weighted by Gasteiger charge is -2.19. The molecule has 1 aromatic rings. The lowest BCUT2D eigenvalue weighted by molar-refractivity contribution is -0.143. The molecule has 0 spiro atoms. The first-order valence-electron chi connectivity index (χ1n) is 4.47. The van der Waals surface area contributed by atoms with E-state index in [1.807, 2.05) is 13.8 Å². The van der Waals surface area contributed by atoms with Crippen LogP contribution in [0.3, 0.4) is 0 Å². The Morgan fingerprint density at radius 2 is 2.20 bits per heavy atom. The maximum Gasteiger partial charge on any atom is 0.325 e. The van der Waals surface area contributed by atoms with E-state index < -0.39 is 11.5 Å². The molecule has 1 rings (SSSR count). The lowest BCUT2D eigenvalue weighted by Crippen LogP contribution is -2.48. The number of aromatic nitrogens is 2. The normalized spacial score (nSPS) is 15.0. The number of halogens is 1. The van der Waals surface area contributed by atoms with E-state index in [1.165, 1.54) is 6.92 Å². The molecule has 0 radical (unpaired) electrons. The molecule has 0 aliphatic rings. The molecule has 0 aliphatic carbocycles. The van der Waals surface area contributed by atoms with Crippen molar-refractivity contribution in [2.75, 3.05) is 0 Å². The Labute approximate surface area is 96.4 Å². The van der Waals surface area contributed by atoms with Crippen LogP contribution < -0.4 is 5.73 Å². The molecule has 1 heterocycles. The van der Waals surface area contributed by atoms with Gasteiger partial charge in [-0.2, -0.15) is 5.10 Å². The largest absolute Gasteiger partial charge is 0.480 e. The fraction of sp³-hybridized carbons (Fsp3) is 0.556. The zero-order valence-electron chi connectivity index (χ0n) is 8.91. The molecule has 0 aliphatic heterocycles. The number of hydrogen-bond donors (Lipinski definition) is 2. The van der Waals surface area contributed by atoms with Crippen molar-refractivity contribution >= 4 is 21.9 Å². The first-order chi connectivity index (χ1) is 6.75.